The lowest BCUT2D eigenvalue weighted by molar-refractivity contribution is -0.190. The molecule has 0 radical (unpaired) electrons. The van der Waals surface area contributed by atoms with Crippen LogP contribution in [-0.2, 0) is 9.53 Å². The number of hydrogen-bond donors (Lipinski definition) is 1. The number of allylic oxidation sites excluding steroid dienone is 1. The number of carbonyl (C=O) groups is 1. The molecule has 1 heterocycles. The van der Waals surface area contributed by atoms with Crippen LogP contribution in [0.5, 0.6) is 0 Å². The number of carbonyl (C=O) groups excluding carboxylic acids is 1. The topological polar surface area (TPSA) is 46.5 Å². The van der Waals surface area contributed by atoms with Gasteiger partial charge in [-0.3, -0.25) is 4.79 Å². The van der Waals surface area contributed by atoms with Crippen LogP contribution in [0.2, 0.25) is 0 Å². The maximum absolute atomic E-state index is 12.0. The molecule has 0 aromatic heterocycles. The lowest BCUT2D eigenvalue weighted by Crippen LogP contribution is -2.53. The normalized spacial score (nSPS) is 55.2. The minimum atomic E-state index is -1.08. The Balaban J connectivity index is 1.54. The second-order valence-electron chi connectivity index (χ2n) is 9.97. The molecule has 8 atom stereocenters. The van der Waals surface area contributed by atoms with Crippen molar-refractivity contribution in [3.63, 3.8) is 0 Å². The lowest BCUT2D eigenvalue weighted by Gasteiger charge is -2.58. The Morgan fingerprint density at radius 2 is 1.96 bits per heavy atom. The van der Waals surface area contributed by atoms with Crippen LogP contribution in [0.25, 0.3) is 0 Å². The predicted molar refractivity (Wildman–Crippen MR) is 98.9 cm³/mol. The molecule has 0 bridgehead atoms. The van der Waals surface area contributed by atoms with Gasteiger partial charge in [-0.15, -0.1) is 6.42 Å². The molecular formula is C23H30O3. The van der Waals surface area contributed by atoms with Gasteiger partial charge in [-0.2, -0.15) is 0 Å². The summed E-state index contributed by atoms with van der Waals surface area (Å²) in [4.78, 5) is 12.0. The summed E-state index contributed by atoms with van der Waals surface area (Å²) in [7, 11) is 0. The monoisotopic (exact) mass is 354 g/mol. The Kier molecular flexibility index (Phi) is 3.43. The Morgan fingerprint density at radius 3 is 2.73 bits per heavy atom. The summed E-state index contributed by atoms with van der Waals surface area (Å²) in [6, 6.07) is 0. The second-order valence-corrected chi connectivity index (χ2v) is 9.97. The number of ketones is 1. The van der Waals surface area contributed by atoms with Crippen LogP contribution in [-0.4, -0.2) is 22.8 Å². The molecule has 0 amide bonds. The van der Waals surface area contributed by atoms with Crippen molar-refractivity contribution in [1.82, 2.24) is 0 Å². The molecule has 0 aromatic rings. The maximum Gasteiger partial charge on any atom is 0.167 e. The van der Waals surface area contributed by atoms with Crippen LogP contribution in [0.4, 0.5) is 0 Å². The summed E-state index contributed by atoms with van der Waals surface area (Å²) < 4.78 is 6.01. The van der Waals surface area contributed by atoms with E-state index in [9.17, 15) is 9.90 Å². The van der Waals surface area contributed by atoms with Crippen molar-refractivity contribution < 1.29 is 14.6 Å². The van der Waals surface area contributed by atoms with Gasteiger partial charge in [-0.05, 0) is 81.1 Å². The zero-order valence-corrected chi connectivity index (χ0v) is 16.0. The zero-order valence-electron chi connectivity index (χ0n) is 16.0. The highest BCUT2D eigenvalue weighted by atomic mass is 16.6. The van der Waals surface area contributed by atoms with E-state index in [1.54, 1.807) is 0 Å². The second kappa shape index (κ2) is 5.24. The highest BCUT2D eigenvalue weighted by Crippen LogP contribution is 2.71. The molecular weight excluding hydrogens is 324 g/mol. The number of rotatable bonds is 0. The van der Waals surface area contributed by atoms with Crippen LogP contribution in [0.3, 0.4) is 0 Å². The van der Waals surface area contributed by atoms with E-state index in [-0.39, 0.29) is 22.9 Å². The average molecular weight is 354 g/mol. The van der Waals surface area contributed by atoms with Crippen LogP contribution < -0.4 is 0 Å². The van der Waals surface area contributed by atoms with Crippen LogP contribution in [0, 0.1) is 46.8 Å². The summed E-state index contributed by atoms with van der Waals surface area (Å²) in [6.07, 6.45) is 15.9. The van der Waals surface area contributed by atoms with E-state index < -0.39 is 5.79 Å². The van der Waals surface area contributed by atoms with Crippen molar-refractivity contribution in [2.45, 2.75) is 77.1 Å². The van der Waals surface area contributed by atoms with E-state index in [2.05, 4.69) is 12.8 Å². The molecule has 1 spiro atoms. The van der Waals surface area contributed by atoms with Gasteiger partial charge in [0.2, 0.25) is 0 Å². The van der Waals surface area contributed by atoms with E-state index in [0.717, 1.165) is 44.9 Å². The number of aliphatic hydroxyl groups is 1. The van der Waals surface area contributed by atoms with E-state index in [0.29, 0.717) is 30.0 Å². The molecule has 0 aromatic carbocycles. The number of fused-ring (bicyclic) bond motifs is 4. The highest BCUT2D eigenvalue weighted by Gasteiger charge is 2.70. The molecule has 1 aliphatic heterocycles. The van der Waals surface area contributed by atoms with Gasteiger partial charge in [0.1, 0.15) is 6.10 Å². The minimum absolute atomic E-state index is 0.0402. The van der Waals surface area contributed by atoms with Crippen molar-refractivity contribution in [1.29, 1.82) is 0 Å². The predicted octanol–water partition coefficient (Wildman–Crippen LogP) is 3.86. The van der Waals surface area contributed by atoms with E-state index in [1.165, 1.54) is 5.57 Å². The van der Waals surface area contributed by atoms with Gasteiger partial charge in [0.05, 0.1) is 0 Å². The van der Waals surface area contributed by atoms with Gasteiger partial charge in [0, 0.05) is 17.8 Å². The van der Waals surface area contributed by atoms with Crippen molar-refractivity contribution in [2.24, 2.45) is 34.5 Å². The third-order valence-electron chi connectivity index (χ3n) is 9.19. The summed E-state index contributed by atoms with van der Waals surface area (Å²) in [5.74, 6) is 4.16. The summed E-state index contributed by atoms with van der Waals surface area (Å²) in [5.41, 5.74) is 1.55. The molecule has 3 nitrogen and oxygen atoms in total. The van der Waals surface area contributed by atoms with Crippen LogP contribution in [0.1, 0.15) is 65.2 Å². The summed E-state index contributed by atoms with van der Waals surface area (Å²) in [6.45, 7) is 4.23. The molecule has 26 heavy (non-hydrogen) atoms. The molecule has 3 heteroatoms. The standard InChI is InChI=1S/C23H30O3/c1-4-20-23-12-10-17-16(18(23)7-8-19(23)22(3,25)26-20)6-5-14-13-15(24)9-11-21(14,17)2/h1,13,16-20,25H,5-12H2,2-3H3/t16-,17+,18+,19-,20-,21+,22?,23-/m1/s1. The third-order valence-corrected chi connectivity index (χ3v) is 9.19. The molecule has 4 fully saturated rings. The molecule has 3 saturated carbocycles. The van der Waals surface area contributed by atoms with Gasteiger partial charge >= 0.3 is 0 Å². The average Bonchev–Trinajstić information content (AvgIpc) is 3.10. The lowest BCUT2D eigenvalue weighted by atomic mass is 9.46. The van der Waals surface area contributed by atoms with Gasteiger partial charge < -0.3 is 9.84 Å². The number of ether oxygens (including phenoxy) is 1. The van der Waals surface area contributed by atoms with Gasteiger partial charge in [0.15, 0.2) is 11.6 Å². The molecule has 4 aliphatic carbocycles. The largest absolute Gasteiger partial charge is 0.365 e. The first-order valence-electron chi connectivity index (χ1n) is 10.4. The number of terminal acetylenes is 1. The first-order valence-corrected chi connectivity index (χ1v) is 10.4. The molecule has 1 saturated heterocycles. The fourth-order valence-electron chi connectivity index (χ4n) is 8.18. The smallest absolute Gasteiger partial charge is 0.167 e. The van der Waals surface area contributed by atoms with Crippen molar-refractivity contribution >= 4 is 5.78 Å². The van der Waals surface area contributed by atoms with Crippen molar-refractivity contribution in [3.05, 3.63) is 11.6 Å². The quantitative estimate of drug-likeness (QED) is 0.672. The zero-order chi connectivity index (χ0) is 18.3. The SMILES string of the molecule is C#C[C@H]1OC(C)(O)[C@H]2CC[C@H]3[C@@H]4CCC5=CC(=O)CC[C@]5(C)[C@H]4CC[C@@]213. The van der Waals surface area contributed by atoms with E-state index >= 15 is 0 Å². The minimum Gasteiger partial charge on any atom is -0.365 e. The molecule has 1 unspecified atom stereocenters. The van der Waals surface area contributed by atoms with E-state index in [4.69, 9.17) is 11.2 Å². The van der Waals surface area contributed by atoms with Crippen LogP contribution in [0.15, 0.2) is 11.6 Å². The van der Waals surface area contributed by atoms with Crippen molar-refractivity contribution in [2.75, 3.05) is 0 Å². The van der Waals surface area contributed by atoms with Crippen LogP contribution >= 0.6 is 0 Å². The Morgan fingerprint density at radius 1 is 1.15 bits per heavy atom. The van der Waals surface area contributed by atoms with Gasteiger partial charge in [0.25, 0.3) is 0 Å². The van der Waals surface area contributed by atoms with E-state index in [1.807, 2.05) is 13.0 Å². The fraction of sp³-hybridized carbons (Fsp3) is 0.783. The first kappa shape index (κ1) is 17.0. The summed E-state index contributed by atoms with van der Waals surface area (Å²) >= 11 is 0. The van der Waals surface area contributed by atoms with Gasteiger partial charge in [-0.1, -0.05) is 18.4 Å². The Bertz CT molecular complexity index is 728. The number of hydrogen-bond acceptors (Lipinski definition) is 3. The summed E-state index contributed by atoms with van der Waals surface area (Å²) in [5, 5.41) is 10.9. The van der Waals surface area contributed by atoms with Crippen molar-refractivity contribution in [3.8, 4) is 12.3 Å². The maximum atomic E-state index is 12.0. The Labute approximate surface area is 156 Å². The third kappa shape index (κ3) is 1.90. The molecule has 5 rings (SSSR count). The first-order chi connectivity index (χ1) is 12.3. The molecule has 1 N–H and O–H groups in total. The Hall–Kier alpha value is -1.11. The molecule has 5 aliphatic rings. The highest BCUT2D eigenvalue weighted by molar-refractivity contribution is 5.91. The van der Waals surface area contributed by atoms with Gasteiger partial charge in [-0.25, -0.2) is 0 Å². The fourth-order valence-corrected chi connectivity index (χ4v) is 8.18. The molecule has 140 valence electrons.